The standard InChI is InChI=1S/C14H12FIN2O4/c1-7-5-11(22-14(20)21)12(18(2)13(7)19)17-10-4-3-8(16)6-9(10)15/h3-6,17H,1-2H3,(H,20,21). The smallest absolute Gasteiger partial charge is 0.449 e. The minimum Gasteiger partial charge on any atom is -0.449 e. The van der Waals surface area contributed by atoms with E-state index in [0.29, 0.717) is 9.13 Å². The zero-order valence-electron chi connectivity index (χ0n) is 11.7. The molecule has 0 fully saturated rings. The third-order valence-corrected chi connectivity index (χ3v) is 3.61. The molecule has 0 spiro atoms. The minimum atomic E-state index is -1.52. The molecule has 0 saturated carbocycles. The molecular formula is C14H12FIN2O4. The molecular weight excluding hydrogens is 406 g/mol. The Morgan fingerprint density at radius 2 is 2.09 bits per heavy atom. The van der Waals surface area contributed by atoms with E-state index in [1.165, 1.54) is 36.7 Å². The molecule has 0 saturated heterocycles. The van der Waals surface area contributed by atoms with Gasteiger partial charge in [-0.15, -0.1) is 0 Å². The predicted octanol–water partition coefficient (Wildman–Crippen LogP) is 3.24. The molecule has 6 nitrogen and oxygen atoms in total. The van der Waals surface area contributed by atoms with Gasteiger partial charge in [0.05, 0.1) is 5.69 Å². The first kappa shape index (κ1) is 16.3. The van der Waals surface area contributed by atoms with Gasteiger partial charge in [0.1, 0.15) is 5.82 Å². The summed E-state index contributed by atoms with van der Waals surface area (Å²) in [5.74, 6) is -0.552. The number of ether oxygens (including phenoxy) is 1. The number of benzene rings is 1. The van der Waals surface area contributed by atoms with Gasteiger partial charge in [-0.3, -0.25) is 9.36 Å². The summed E-state index contributed by atoms with van der Waals surface area (Å²) in [5.41, 5.74) is 0.0769. The van der Waals surface area contributed by atoms with Gasteiger partial charge in [0.2, 0.25) is 0 Å². The number of hydrogen-bond acceptors (Lipinski definition) is 4. The van der Waals surface area contributed by atoms with Gasteiger partial charge in [0, 0.05) is 16.2 Å². The lowest BCUT2D eigenvalue weighted by Crippen LogP contribution is -2.23. The summed E-state index contributed by atoms with van der Waals surface area (Å²) >= 11 is 1.97. The van der Waals surface area contributed by atoms with Crippen LogP contribution in [0, 0.1) is 16.3 Å². The Bertz CT molecular complexity index is 804. The predicted molar refractivity (Wildman–Crippen MR) is 87.5 cm³/mol. The Labute approximate surface area is 138 Å². The molecule has 2 rings (SSSR count). The Kier molecular flexibility index (Phi) is 4.69. The number of pyridine rings is 1. The lowest BCUT2D eigenvalue weighted by Gasteiger charge is -2.16. The van der Waals surface area contributed by atoms with Crippen LogP contribution in [0.5, 0.6) is 5.75 Å². The van der Waals surface area contributed by atoms with E-state index in [1.54, 1.807) is 6.07 Å². The summed E-state index contributed by atoms with van der Waals surface area (Å²) in [4.78, 5) is 22.8. The third-order valence-electron chi connectivity index (χ3n) is 2.94. The van der Waals surface area contributed by atoms with E-state index in [1.807, 2.05) is 22.6 Å². The van der Waals surface area contributed by atoms with Crippen molar-refractivity contribution in [3.63, 3.8) is 0 Å². The molecule has 1 aromatic carbocycles. The maximum Gasteiger partial charge on any atom is 0.511 e. The Morgan fingerprint density at radius 1 is 1.41 bits per heavy atom. The quantitative estimate of drug-likeness (QED) is 0.591. The van der Waals surface area contributed by atoms with Crippen molar-refractivity contribution in [1.82, 2.24) is 4.57 Å². The van der Waals surface area contributed by atoms with Crippen molar-refractivity contribution < 1.29 is 19.0 Å². The minimum absolute atomic E-state index is 0.0538. The van der Waals surface area contributed by atoms with Crippen LogP contribution < -0.4 is 15.6 Å². The maximum absolute atomic E-state index is 13.9. The number of nitrogens with zero attached hydrogens (tertiary/aromatic N) is 1. The molecule has 0 amide bonds. The topological polar surface area (TPSA) is 80.6 Å². The summed E-state index contributed by atoms with van der Waals surface area (Å²) in [5, 5.41) is 11.5. The first-order valence-corrected chi connectivity index (χ1v) is 7.21. The molecule has 0 aliphatic heterocycles. The lowest BCUT2D eigenvalue weighted by molar-refractivity contribution is 0.144. The van der Waals surface area contributed by atoms with Crippen LogP contribution in [0.2, 0.25) is 0 Å². The maximum atomic E-state index is 13.9. The Hall–Kier alpha value is -2.10. The van der Waals surface area contributed by atoms with E-state index in [0.717, 1.165) is 0 Å². The van der Waals surface area contributed by atoms with Crippen LogP contribution in [-0.4, -0.2) is 15.8 Å². The van der Waals surface area contributed by atoms with E-state index in [2.05, 4.69) is 10.1 Å². The largest absolute Gasteiger partial charge is 0.511 e. The number of aryl methyl sites for hydroxylation is 1. The van der Waals surface area contributed by atoms with Crippen molar-refractivity contribution in [1.29, 1.82) is 0 Å². The molecule has 0 unspecified atom stereocenters. The molecule has 22 heavy (non-hydrogen) atoms. The van der Waals surface area contributed by atoms with Gasteiger partial charge in [-0.1, -0.05) is 0 Å². The molecule has 8 heteroatoms. The molecule has 2 N–H and O–H groups in total. The normalized spacial score (nSPS) is 10.4. The highest BCUT2D eigenvalue weighted by Gasteiger charge is 2.16. The number of carboxylic acid groups (broad SMARTS) is 1. The van der Waals surface area contributed by atoms with Crippen LogP contribution in [0.4, 0.5) is 20.7 Å². The van der Waals surface area contributed by atoms with Gasteiger partial charge in [-0.05, 0) is 53.8 Å². The molecule has 2 aromatic rings. The number of anilines is 2. The fourth-order valence-corrected chi connectivity index (χ4v) is 2.35. The van der Waals surface area contributed by atoms with E-state index >= 15 is 0 Å². The number of halogens is 2. The molecule has 0 atom stereocenters. The van der Waals surface area contributed by atoms with Crippen molar-refractivity contribution in [3.8, 4) is 5.75 Å². The second kappa shape index (κ2) is 6.34. The lowest BCUT2D eigenvalue weighted by atomic mass is 10.2. The molecule has 0 radical (unpaired) electrons. The number of carbonyl (C=O) groups is 1. The highest BCUT2D eigenvalue weighted by Crippen LogP contribution is 2.28. The van der Waals surface area contributed by atoms with Gasteiger partial charge >= 0.3 is 6.16 Å². The average molecular weight is 418 g/mol. The van der Waals surface area contributed by atoms with Gasteiger partial charge in [0.15, 0.2) is 11.6 Å². The number of hydrogen-bond donors (Lipinski definition) is 2. The summed E-state index contributed by atoms with van der Waals surface area (Å²) < 4.78 is 20.5. The molecule has 116 valence electrons. The summed E-state index contributed by atoms with van der Waals surface area (Å²) in [7, 11) is 1.44. The number of rotatable bonds is 3. The van der Waals surface area contributed by atoms with Crippen molar-refractivity contribution in [2.45, 2.75) is 6.92 Å². The number of aromatic nitrogens is 1. The molecule has 1 heterocycles. The van der Waals surface area contributed by atoms with Crippen LogP contribution in [0.15, 0.2) is 29.1 Å². The average Bonchev–Trinajstić information content (AvgIpc) is 2.42. The fourth-order valence-electron chi connectivity index (χ4n) is 1.89. The van der Waals surface area contributed by atoms with E-state index in [9.17, 15) is 14.0 Å². The zero-order chi connectivity index (χ0) is 16.4. The number of nitrogens with one attached hydrogen (secondary N) is 1. The van der Waals surface area contributed by atoms with Crippen molar-refractivity contribution in [2.24, 2.45) is 7.05 Å². The van der Waals surface area contributed by atoms with Crippen LogP contribution in [0.1, 0.15) is 5.56 Å². The first-order valence-electron chi connectivity index (χ1n) is 6.13. The monoisotopic (exact) mass is 418 g/mol. The molecule has 1 aromatic heterocycles. The van der Waals surface area contributed by atoms with Gasteiger partial charge in [-0.2, -0.15) is 0 Å². The fraction of sp³-hybridized carbons (Fsp3) is 0.143. The van der Waals surface area contributed by atoms with E-state index in [-0.39, 0.29) is 22.8 Å². The summed E-state index contributed by atoms with van der Waals surface area (Å²) in [6.45, 7) is 1.53. The van der Waals surface area contributed by atoms with Crippen LogP contribution >= 0.6 is 22.6 Å². The SMILES string of the molecule is Cc1cc(OC(=O)O)c(Nc2ccc(I)cc2F)n(C)c1=O. The van der Waals surface area contributed by atoms with E-state index in [4.69, 9.17) is 5.11 Å². The molecule has 0 aliphatic carbocycles. The van der Waals surface area contributed by atoms with Gasteiger partial charge in [0.25, 0.3) is 5.56 Å². The van der Waals surface area contributed by atoms with Crippen LogP contribution in [0.3, 0.4) is 0 Å². The van der Waals surface area contributed by atoms with E-state index < -0.39 is 12.0 Å². The van der Waals surface area contributed by atoms with Crippen molar-refractivity contribution in [3.05, 3.63) is 49.6 Å². The molecule has 0 bridgehead atoms. The Morgan fingerprint density at radius 3 is 2.68 bits per heavy atom. The Balaban J connectivity index is 2.55. The highest BCUT2D eigenvalue weighted by atomic mass is 127. The molecule has 0 aliphatic rings. The highest BCUT2D eigenvalue weighted by molar-refractivity contribution is 14.1. The third kappa shape index (κ3) is 3.38. The summed E-state index contributed by atoms with van der Waals surface area (Å²) in [6.07, 6.45) is -1.52. The zero-order valence-corrected chi connectivity index (χ0v) is 13.8. The summed E-state index contributed by atoms with van der Waals surface area (Å²) in [6, 6.07) is 5.78. The van der Waals surface area contributed by atoms with Gasteiger partial charge < -0.3 is 15.2 Å². The van der Waals surface area contributed by atoms with Crippen LogP contribution in [0.25, 0.3) is 0 Å². The first-order chi connectivity index (χ1) is 10.3. The van der Waals surface area contributed by atoms with Gasteiger partial charge in [-0.25, -0.2) is 9.18 Å². The van der Waals surface area contributed by atoms with Crippen molar-refractivity contribution >= 4 is 40.3 Å². The second-order valence-electron chi connectivity index (χ2n) is 4.52. The van der Waals surface area contributed by atoms with Crippen molar-refractivity contribution in [2.75, 3.05) is 5.32 Å². The van der Waals surface area contributed by atoms with Crippen LogP contribution in [-0.2, 0) is 7.05 Å². The second-order valence-corrected chi connectivity index (χ2v) is 5.77.